The molecule has 0 bridgehead atoms. The van der Waals surface area contributed by atoms with E-state index in [-0.39, 0.29) is 11.5 Å². The first-order chi connectivity index (χ1) is 10.2. The first-order valence-electron chi connectivity index (χ1n) is 6.30. The second-order valence-electron chi connectivity index (χ2n) is 4.88. The van der Waals surface area contributed by atoms with Gasteiger partial charge in [-0.25, -0.2) is 8.42 Å². The summed E-state index contributed by atoms with van der Waals surface area (Å²) in [5.74, 6) is -0.651. The molecular formula is C14H13F3N2O2S. The Kier molecular flexibility index (Phi) is 4.50. The molecule has 0 saturated heterocycles. The standard InChI is InChI=1S/C14H13F3N2O2S/c1-10-6-19-13(7-18-10)9-22(20,21)8-11-2-4-12(5-3-11)14(15,16)17/h2-7H,8-9H2,1H3. The number of rotatable bonds is 4. The highest BCUT2D eigenvalue weighted by molar-refractivity contribution is 7.89. The third kappa shape index (κ3) is 4.52. The third-order valence-corrected chi connectivity index (χ3v) is 4.38. The van der Waals surface area contributed by atoms with E-state index >= 15 is 0 Å². The van der Waals surface area contributed by atoms with Crippen LogP contribution in [0.1, 0.15) is 22.5 Å². The van der Waals surface area contributed by atoms with E-state index in [1.54, 1.807) is 6.92 Å². The molecule has 0 aliphatic carbocycles. The van der Waals surface area contributed by atoms with Crippen molar-refractivity contribution in [1.82, 2.24) is 9.97 Å². The minimum Gasteiger partial charge on any atom is -0.258 e. The Balaban J connectivity index is 2.10. The number of sulfone groups is 1. The minimum atomic E-state index is -4.44. The number of aromatic nitrogens is 2. The lowest BCUT2D eigenvalue weighted by Crippen LogP contribution is -2.10. The molecule has 0 atom stereocenters. The van der Waals surface area contributed by atoms with Gasteiger partial charge < -0.3 is 0 Å². The topological polar surface area (TPSA) is 59.9 Å². The normalized spacial score (nSPS) is 12.4. The number of hydrogen-bond donors (Lipinski definition) is 0. The van der Waals surface area contributed by atoms with Crippen LogP contribution >= 0.6 is 0 Å². The van der Waals surface area contributed by atoms with Crippen LogP contribution in [0, 0.1) is 6.92 Å². The molecule has 0 amide bonds. The zero-order valence-corrected chi connectivity index (χ0v) is 12.4. The third-order valence-electron chi connectivity index (χ3n) is 2.87. The summed E-state index contributed by atoms with van der Waals surface area (Å²) < 4.78 is 61.4. The predicted octanol–water partition coefficient (Wildman–Crippen LogP) is 2.92. The van der Waals surface area contributed by atoms with Gasteiger partial charge in [0.25, 0.3) is 0 Å². The van der Waals surface area contributed by atoms with Crippen LogP contribution in [0.15, 0.2) is 36.7 Å². The molecular weight excluding hydrogens is 317 g/mol. The molecule has 1 aromatic carbocycles. The molecule has 0 fully saturated rings. The molecule has 22 heavy (non-hydrogen) atoms. The highest BCUT2D eigenvalue weighted by Gasteiger charge is 2.30. The zero-order chi connectivity index (χ0) is 16.4. The number of nitrogens with zero attached hydrogens (tertiary/aromatic N) is 2. The van der Waals surface area contributed by atoms with E-state index in [2.05, 4.69) is 9.97 Å². The largest absolute Gasteiger partial charge is 0.416 e. The predicted molar refractivity (Wildman–Crippen MR) is 74.5 cm³/mol. The molecule has 1 aromatic heterocycles. The fraction of sp³-hybridized carbons (Fsp3) is 0.286. The van der Waals surface area contributed by atoms with E-state index in [1.165, 1.54) is 24.5 Å². The Morgan fingerprint density at radius 1 is 1.00 bits per heavy atom. The van der Waals surface area contributed by atoms with E-state index in [9.17, 15) is 21.6 Å². The van der Waals surface area contributed by atoms with Crippen molar-refractivity contribution in [2.24, 2.45) is 0 Å². The zero-order valence-electron chi connectivity index (χ0n) is 11.6. The van der Waals surface area contributed by atoms with Gasteiger partial charge in [0.2, 0.25) is 0 Å². The van der Waals surface area contributed by atoms with Gasteiger partial charge in [0.05, 0.1) is 28.5 Å². The molecule has 2 aromatic rings. The Labute approximate surface area is 126 Å². The molecule has 8 heteroatoms. The van der Waals surface area contributed by atoms with Gasteiger partial charge >= 0.3 is 6.18 Å². The molecule has 2 rings (SSSR count). The summed E-state index contributed by atoms with van der Waals surface area (Å²) in [6, 6.07) is 4.08. The average molecular weight is 330 g/mol. The average Bonchev–Trinajstić information content (AvgIpc) is 2.40. The smallest absolute Gasteiger partial charge is 0.258 e. The summed E-state index contributed by atoms with van der Waals surface area (Å²) in [6.45, 7) is 1.73. The van der Waals surface area contributed by atoms with Crippen molar-refractivity contribution in [3.63, 3.8) is 0 Å². The molecule has 0 spiro atoms. The molecule has 1 heterocycles. The lowest BCUT2D eigenvalue weighted by molar-refractivity contribution is -0.137. The molecule has 0 radical (unpaired) electrons. The maximum Gasteiger partial charge on any atom is 0.416 e. The van der Waals surface area contributed by atoms with Crippen molar-refractivity contribution >= 4 is 9.84 Å². The van der Waals surface area contributed by atoms with E-state index in [1.807, 2.05) is 0 Å². The van der Waals surface area contributed by atoms with E-state index in [0.717, 1.165) is 12.1 Å². The number of hydrogen-bond acceptors (Lipinski definition) is 4. The van der Waals surface area contributed by atoms with Crippen LogP contribution in [0.3, 0.4) is 0 Å². The minimum absolute atomic E-state index is 0.299. The maximum absolute atomic E-state index is 12.4. The van der Waals surface area contributed by atoms with Crippen molar-refractivity contribution in [1.29, 1.82) is 0 Å². The Morgan fingerprint density at radius 2 is 1.64 bits per heavy atom. The van der Waals surface area contributed by atoms with Crippen LogP contribution in [0.4, 0.5) is 13.2 Å². The SMILES string of the molecule is Cc1cnc(CS(=O)(=O)Cc2ccc(C(F)(F)F)cc2)cn1. The van der Waals surface area contributed by atoms with Crippen LogP contribution in [0.25, 0.3) is 0 Å². The van der Waals surface area contributed by atoms with Gasteiger partial charge in [0.1, 0.15) is 0 Å². The van der Waals surface area contributed by atoms with Crippen LogP contribution in [0.5, 0.6) is 0 Å². The van der Waals surface area contributed by atoms with Gasteiger partial charge in [-0.2, -0.15) is 13.2 Å². The first-order valence-corrected chi connectivity index (χ1v) is 8.12. The van der Waals surface area contributed by atoms with Crippen LogP contribution in [-0.2, 0) is 27.5 Å². The van der Waals surface area contributed by atoms with Gasteiger partial charge in [-0.15, -0.1) is 0 Å². The van der Waals surface area contributed by atoms with Gasteiger partial charge in [0.15, 0.2) is 9.84 Å². The van der Waals surface area contributed by atoms with Gasteiger partial charge in [-0.3, -0.25) is 9.97 Å². The maximum atomic E-state index is 12.4. The Hall–Kier alpha value is -1.96. The molecule has 0 unspecified atom stereocenters. The molecule has 0 aliphatic heterocycles. The highest BCUT2D eigenvalue weighted by atomic mass is 32.2. The van der Waals surface area contributed by atoms with Crippen molar-refractivity contribution < 1.29 is 21.6 Å². The number of halogens is 3. The lowest BCUT2D eigenvalue weighted by atomic mass is 10.1. The highest BCUT2D eigenvalue weighted by Crippen LogP contribution is 2.29. The molecule has 0 saturated carbocycles. The number of benzene rings is 1. The monoisotopic (exact) mass is 330 g/mol. The molecule has 118 valence electrons. The molecule has 0 N–H and O–H groups in total. The van der Waals surface area contributed by atoms with Crippen LogP contribution in [0.2, 0.25) is 0 Å². The number of alkyl halides is 3. The first kappa shape index (κ1) is 16.4. The number of aryl methyl sites for hydroxylation is 1. The van der Waals surface area contributed by atoms with E-state index < -0.39 is 21.6 Å². The molecule has 4 nitrogen and oxygen atoms in total. The van der Waals surface area contributed by atoms with Gasteiger partial charge in [-0.1, -0.05) is 12.1 Å². The summed E-state index contributed by atoms with van der Waals surface area (Å²) in [7, 11) is -3.53. The van der Waals surface area contributed by atoms with Gasteiger partial charge in [-0.05, 0) is 24.6 Å². The Bertz CT molecular complexity index is 739. The van der Waals surface area contributed by atoms with Crippen molar-refractivity contribution in [2.75, 3.05) is 0 Å². The van der Waals surface area contributed by atoms with Crippen molar-refractivity contribution in [3.05, 3.63) is 59.2 Å². The Morgan fingerprint density at radius 3 is 2.14 bits per heavy atom. The van der Waals surface area contributed by atoms with Crippen LogP contribution < -0.4 is 0 Å². The quantitative estimate of drug-likeness (QED) is 0.865. The molecule has 0 aliphatic rings. The van der Waals surface area contributed by atoms with E-state index in [4.69, 9.17) is 0 Å². The summed E-state index contributed by atoms with van der Waals surface area (Å²) in [4.78, 5) is 7.92. The summed E-state index contributed by atoms with van der Waals surface area (Å²) >= 11 is 0. The fourth-order valence-corrected chi connectivity index (χ4v) is 3.22. The second-order valence-corrected chi connectivity index (χ2v) is 6.94. The second kappa shape index (κ2) is 6.04. The van der Waals surface area contributed by atoms with Crippen molar-refractivity contribution in [3.8, 4) is 0 Å². The summed E-state index contributed by atoms with van der Waals surface area (Å²) in [6.07, 6.45) is -1.60. The van der Waals surface area contributed by atoms with Crippen LogP contribution in [-0.4, -0.2) is 18.4 Å². The summed E-state index contributed by atoms with van der Waals surface area (Å²) in [5, 5.41) is 0. The van der Waals surface area contributed by atoms with Gasteiger partial charge in [0, 0.05) is 12.4 Å². The van der Waals surface area contributed by atoms with Crippen molar-refractivity contribution in [2.45, 2.75) is 24.6 Å². The summed E-state index contributed by atoms with van der Waals surface area (Å²) in [5.41, 5.74) is 0.465. The lowest BCUT2D eigenvalue weighted by Gasteiger charge is -2.08. The van der Waals surface area contributed by atoms with E-state index in [0.29, 0.717) is 17.0 Å². The fourth-order valence-electron chi connectivity index (χ4n) is 1.81.